The standard InChI is InChI=1S/C12H19ClN2/c1-4-6-12(3,7-5-2)10-8-14-11(13)15-9-10/h8-9H,4-7H2,1-3H3. The Hall–Kier alpha value is -0.630. The highest BCUT2D eigenvalue weighted by Crippen LogP contribution is 2.33. The lowest BCUT2D eigenvalue weighted by Gasteiger charge is -2.28. The maximum absolute atomic E-state index is 5.69. The zero-order valence-corrected chi connectivity index (χ0v) is 10.5. The van der Waals surface area contributed by atoms with Crippen molar-refractivity contribution in [3.63, 3.8) is 0 Å². The predicted octanol–water partition coefficient (Wildman–Crippen LogP) is 3.99. The number of aromatic nitrogens is 2. The van der Waals surface area contributed by atoms with Gasteiger partial charge in [0.1, 0.15) is 0 Å². The van der Waals surface area contributed by atoms with Crippen LogP contribution >= 0.6 is 11.6 Å². The van der Waals surface area contributed by atoms with E-state index in [2.05, 4.69) is 30.7 Å². The minimum absolute atomic E-state index is 0.202. The third-order valence-electron chi connectivity index (χ3n) is 2.92. The fraction of sp³-hybridized carbons (Fsp3) is 0.667. The fourth-order valence-electron chi connectivity index (χ4n) is 2.14. The van der Waals surface area contributed by atoms with Crippen molar-refractivity contribution < 1.29 is 0 Å². The molecule has 2 nitrogen and oxygen atoms in total. The number of rotatable bonds is 5. The Bertz CT molecular complexity index is 289. The first kappa shape index (κ1) is 12.4. The van der Waals surface area contributed by atoms with Crippen molar-refractivity contribution in [3.8, 4) is 0 Å². The normalized spacial score (nSPS) is 11.7. The molecule has 1 aromatic rings. The summed E-state index contributed by atoms with van der Waals surface area (Å²) >= 11 is 5.69. The lowest BCUT2D eigenvalue weighted by atomic mass is 9.76. The molecule has 0 N–H and O–H groups in total. The van der Waals surface area contributed by atoms with Crippen molar-refractivity contribution >= 4 is 11.6 Å². The van der Waals surface area contributed by atoms with Gasteiger partial charge in [0.2, 0.25) is 5.28 Å². The van der Waals surface area contributed by atoms with Gasteiger partial charge < -0.3 is 0 Å². The molecule has 0 unspecified atom stereocenters. The van der Waals surface area contributed by atoms with E-state index in [1.807, 2.05) is 12.4 Å². The summed E-state index contributed by atoms with van der Waals surface area (Å²) in [7, 11) is 0. The van der Waals surface area contributed by atoms with Gasteiger partial charge in [-0.05, 0) is 35.4 Å². The predicted molar refractivity (Wildman–Crippen MR) is 64.2 cm³/mol. The van der Waals surface area contributed by atoms with Crippen molar-refractivity contribution in [3.05, 3.63) is 23.2 Å². The fourth-order valence-corrected chi connectivity index (χ4v) is 2.24. The van der Waals surface area contributed by atoms with E-state index in [4.69, 9.17) is 11.6 Å². The van der Waals surface area contributed by atoms with Crippen LogP contribution in [0.25, 0.3) is 0 Å². The summed E-state index contributed by atoms with van der Waals surface area (Å²) in [5.41, 5.74) is 1.41. The highest BCUT2D eigenvalue weighted by Gasteiger charge is 2.25. The summed E-state index contributed by atoms with van der Waals surface area (Å²) in [5, 5.41) is 0.328. The van der Waals surface area contributed by atoms with E-state index in [1.54, 1.807) is 0 Å². The molecule has 0 saturated carbocycles. The SMILES string of the molecule is CCCC(C)(CCC)c1cnc(Cl)nc1. The van der Waals surface area contributed by atoms with Crippen molar-refractivity contribution in [2.75, 3.05) is 0 Å². The van der Waals surface area contributed by atoms with Gasteiger partial charge in [-0.1, -0.05) is 33.6 Å². The smallest absolute Gasteiger partial charge is 0.222 e. The van der Waals surface area contributed by atoms with Crippen LogP contribution in [-0.4, -0.2) is 9.97 Å². The summed E-state index contributed by atoms with van der Waals surface area (Å²) in [4.78, 5) is 8.13. The molecule has 0 atom stereocenters. The van der Waals surface area contributed by atoms with Crippen molar-refractivity contribution in [2.45, 2.75) is 51.9 Å². The van der Waals surface area contributed by atoms with Gasteiger partial charge in [0.15, 0.2) is 0 Å². The van der Waals surface area contributed by atoms with Crippen molar-refractivity contribution in [2.24, 2.45) is 0 Å². The topological polar surface area (TPSA) is 25.8 Å². The van der Waals surface area contributed by atoms with Crippen LogP contribution in [0.4, 0.5) is 0 Å². The zero-order valence-electron chi connectivity index (χ0n) is 9.76. The zero-order chi connectivity index (χ0) is 11.3. The molecule has 84 valence electrons. The first-order valence-electron chi connectivity index (χ1n) is 5.60. The Kier molecular flexibility index (Phi) is 4.52. The van der Waals surface area contributed by atoms with Crippen LogP contribution < -0.4 is 0 Å². The van der Waals surface area contributed by atoms with Gasteiger partial charge in [-0.2, -0.15) is 0 Å². The average Bonchev–Trinajstić information content (AvgIpc) is 2.19. The van der Waals surface area contributed by atoms with Crippen LogP contribution in [-0.2, 0) is 5.41 Å². The molecule has 15 heavy (non-hydrogen) atoms. The second-order valence-electron chi connectivity index (χ2n) is 4.30. The molecule has 0 amide bonds. The molecule has 0 bridgehead atoms. The maximum Gasteiger partial charge on any atom is 0.222 e. The largest absolute Gasteiger partial charge is 0.226 e. The highest BCUT2D eigenvalue weighted by atomic mass is 35.5. The number of nitrogens with zero attached hydrogens (tertiary/aromatic N) is 2. The minimum atomic E-state index is 0.202. The van der Waals surface area contributed by atoms with Crippen molar-refractivity contribution in [1.82, 2.24) is 9.97 Å². The Morgan fingerprint density at radius 2 is 1.60 bits per heavy atom. The van der Waals surface area contributed by atoms with Gasteiger partial charge in [-0.15, -0.1) is 0 Å². The van der Waals surface area contributed by atoms with E-state index in [9.17, 15) is 0 Å². The Morgan fingerprint density at radius 3 is 2.00 bits per heavy atom. The molecule has 0 aliphatic carbocycles. The van der Waals surface area contributed by atoms with Crippen molar-refractivity contribution in [1.29, 1.82) is 0 Å². The van der Waals surface area contributed by atoms with Crippen LogP contribution in [0.2, 0.25) is 5.28 Å². The highest BCUT2D eigenvalue weighted by molar-refractivity contribution is 6.28. The van der Waals surface area contributed by atoms with E-state index in [0.717, 1.165) is 0 Å². The van der Waals surface area contributed by atoms with Gasteiger partial charge in [0.25, 0.3) is 0 Å². The molecular formula is C12H19ClN2. The van der Waals surface area contributed by atoms with Crippen LogP contribution in [0.1, 0.15) is 52.0 Å². The number of halogens is 1. The molecule has 0 aliphatic heterocycles. The molecule has 0 aliphatic rings. The second-order valence-corrected chi connectivity index (χ2v) is 4.64. The Labute approximate surface area is 97.1 Å². The first-order valence-corrected chi connectivity index (χ1v) is 5.98. The van der Waals surface area contributed by atoms with Gasteiger partial charge in [-0.25, -0.2) is 9.97 Å². The van der Waals surface area contributed by atoms with Crippen LogP contribution in [0, 0.1) is 0 Å². The Balaban J connectivity index is 2.92. The summed E-state index contributed by atoms with van der Waals surface area (Å²) < 4.78 is 0. The molecular weight excluding hydrogens is 208 g/mol. The molecule has 1 heterocycles. The molecule has 1 aromatic heterocycles. The molecule has 3 heteroatoms. The summed E-state index contributed by atoms with van der Waals surface area (Å²) in [5.74, 6) is 0. The summed E-state index contributed by atoms with van der Waals surface area (Å²) in [6.45, 7) is 6.71. The van der Waals surface area contributed by atoms with Crippen LogP contribution in [0.15, 0.2) is 12.4 Å². The molecule has 0 fully saturated rings. The van der Waals surface area contributed by atoms with E-state index >= 15 is 0 Å². The monoisotopic (exact) mass is 226 g/mol. The summed E-state index contributed by atoms with van der Waals surface area (Å²) in [6, 6.07) is 0. The lowest BCUT2D eigenvalue weighted by molar-refractivity contribution is 0.389. The maximum atomic E-state index is 5.69. The third-order valence-corrected chi connectivity index (χ3v) is 3.12. The lowest BCUT2D eigenvalue weighted by Crippen LogP contribution is -2.22. The van der Waals surface area contributed by atoms with Gasteiger partial charge >= 0.3 is 0 Å². The van der Waals surface area contributed by atoms with E-state index in [0.29, 0.717) is 5.28 Å². The molecule has 0 spiro atoms. The van der Waals surface area contributed by atoms with Gasteiger partial charge in [0, 0.05) is 12.4 Å². The van der Waals surface area contributed by atoms with Crippen LogP contribution in [0.3, 0.4) is 0 Å². The van der Waals surface area contributed by atoms with E-state index in [-0.39, 0.29) is 5.41 Å². The molecule has 0 aromatic carbocycles. The Morgan fingerprint density at radius 1 is 1.13 bits per heavy atom. The van der Waals surface area contributed by atoms with E-state index in [1.165, 1.54) is 31.2 Å². The van der Waals surface area contributed by atoms with Gasteiger partial charge in [-0.3, -0.25) is 0 Å². The quantitative estimate of drug-likeness (QED) is 0.710. The number of hydrogen-bond acceptors (Lipinski definition) is 2. The molecule has 0 saturated heterocycles. The van der Waals surface area contributed by atoms with E-state index < -0.39 is 0 Å². The minimum Gasteiger partial charge on any atom is -0.226 e. The average molecular weight is 227 g/mol. The molecule has 1 rings (SSSR count). The van der Waals surface area contributed by atoms with Crippen LogP contribution in [0.5, 0.6) is 0 Å². The van der Waals surface area contributed by atoms with Gasteiger partial charge in [0.05, 0.1) is 0 Å². The first-order chi connectivity index (χ1) is 7.12. The third kappa shape index (κ3) is 3.16. The molecule has 0 radical (unpaired) electrons. The second kappa shape index (κ2) is 5.45. The number of hydrogen-bond donors (Lipinski definition) is 0. The summed E-state index contributed by atoms with van der Waals surface area (Å²) in [6.07, 6.45) is 8.43.